The Morgan fingerprint density at radius 1 is 1.10 bits per heavy atom. The molecule has 4 aromatic rings. The Hall–Kier alpha value is -3.02. The summed E-state index contributed by atoms with van der Waals surface area (Å²) in [5.74, 6) is 0.853. The molecule has 30 heavy (non-hydrogen) atoms. The minimum absolute atomic E-state index is 0.286. The molecular weight excluding hydrogens is 421 g/mol. The maximum Gasteiger partial charge on any atom is 0.265 e. The minimum Gasteiger partial charge on any atom is -0.479 e. The van der Waals surface area contributed by atoms with E-state index in [1.165, 1.54) is 0 Å². The molecule has 4 rings (SSSR count). The molecule has 7 heteroatoms. The Morgan fingerprint density at radius 2 is 1.90 bits per heavy atom. The first-order valence-corrected chi connectivity index (χ1v) is 10.1. The first-order chi connectivity index (χ1) is 14.4. The fourth-order valence-electron chi connectivity index (χ4n) is 3.04. The van der Waals surface area contributed by atoms with E-state index in [1.807, 2.05) is 49.4 Å². The van der Waals surface area contributed by atoms with Gasteiger partial charge >= 0.3 is 0 Å². The van der Waals surface area contributed by atoms with Crippen molar-refractivity contribution in [2.24, 2.45) is 0 Å². The van der Waals surface area contributed by atoms with Crippen molar-refractivity contribution in [3.63, 3.8) is 0 Å². The van der Waals surface area contributed by atoms with E-state index in [0.29, 0.717) is 21.5 Å². The zero-order valence-electron chi connectivity index (χ0n) is 16.4. The van der Waals surface area contributed by atoms with Crippen LogP contribution >= 0.6 is 23.2 Å². The van der Waals surface area contributed by atoms with Gasteiger partial charge in [-0.25, -0.2) is 4.98 Å². The third-order valence-electron chi connectivity index (χ3n) is 4.73. The van der Waals surface area contributed by atoms with Gasteiger partial charge in [-0.05, 0) is 55.8 Å². The Balaban J connectivity index is 1.53. The van der Waals surface area contributed by atoms with Crippen molar-refractivity contribution < 1.29 is 9.53 Å². The molecule has 0 aliphatic carbocycles. The van der Waals surface area contributed by atoms with Crippen molar-refractivity contribution in [3.05, 3.63) is 76.3 Å². The van der Waals surface area contributed by atoms with E-state index < -0.39 is 6.10 Å². The molecule has 1 aromatic heterocycles. The fourth-order valence-corrected chi connectivity index (χ4v) is 3.50. The van der Waals surface area contributed by atoms with Crippen LogP contribution in [0.5, 0.6) is 5.75 Å². The number of aryl methyl sites for hydroxylation is 1. The summed E-state index contributed by atoms with van der Waals surface area (Å²) in [6.45, 7) is 3.60. The maximum atomic E-state index is 12.7. The van der Waals surface area contributed by atoms with Gasteiger partial charge in [0, 0.05) is 16.3 Å². The summed E-state index contributed by atoms with van der Waals surface area (Å²) in [7, 11) is 0. The molecule has 1 amide bonds. The fraction of sp³-hybridized carbons (Fsp3) is 0.130. The van der Waals surface area contributed by atoms with Gasteiger partial charge in [0.2, 0.25) is 0 Å². The van der Waals surface area contributed by atoms with Crippen LogP contribution in [-0.4, -0.2) is 22.0 Å². The Bertz CT molecular complexity index is 1200. The Morgan fingerprint density at radius 3 is 2.67 bits per heavy atom. The van der Waals surface area contributed by atoms with Crippen LogP contribution < -0.4 is 10.1 Å². The molecule has 0 saturated carbocycles. The van der Waals surface area contributed by atoms with Crippen LogP contribution in [0.15, 0.2) is 60.7 Å². The molecule has 0 aliphatic rings. The van der Waals surface area contributed by atoms with E-state index in [1.54, 1.807) is 25.1 Å². The molecule has 5 nitrogen and oxygen atoms in total. The van der Waals surface area contributed by atoms with E-state index in [0.717, 1.165) is 28.0 Å². The number of hydrogen-bond acceptors (Lipinski definition) is 3. The highest BCUT2D eigenvalue weighted by molar-refractivity contribution is 6.35. The van der Waals surface area contributed by atoms with Gasteiger partial charge in [-0.3, -0.25) is 4.79 Å². The van der Waals surface area contributed by atoms with Crippen molar-refractivity contribution in [2.45, 2.75) is 20.0 Å². The summed E-state index contributed by atoms with van der Waals surface area (Å²) in [5.41, 5.74) is 4.35. The number of anilines is 1. The summed E-state index contributed by atoms with van der Waals surface area (Å²) in [6.07, 6.45) is -0.752. The number of H-pyrrole nitrogens is 1. The number of carbonyl (C=O) groups is 1. The summed E-state index contributed by atoms with van der Waals surface area (Å²) in [6, 6.07) is 18.5. The lowest BCUT2D eigenvalue weighted by atomic mass is 10.1. The number of nitrogens with zero attached hydrogens (tertiary/aromatic N) is 1. The maximum absolute atomic E-state index is 12.7. The van der Waals surface area contributed by atoms with Crippen LogP contribution in [0.25, 0.3) is 22.4 Å². The van der Waals surface area contributed by atoms with Gasteiger partial charge in [-0.1, -0.05) is 47.5 Å². The smallest absolute Gasteiger partial charge is 0.265 e. The summed E-state index contributed by atoms with van der Waals surface area (Å²) in [4.78, 5) is 20.6. The Labute approximate surface area is 184 Å². The van der Waals surface area contributed by atoms with Crippen LogP contribution in [0.4, 0.5) is 5.69 Å². The molecule has 1 heterocycles. The lowest BCUT2D eigenvalue weighted by Gasteiger charge is -2.17. The average molecular weight is 440 g/mol. The van der Waals surface area contributed by atoms with Crippen molar-refractivity contribution in [1.29, 1.82) is 0 Å². The highest BCUT2D eigenvalue weighted by Gasteiger charge is 2.18. The molecule has 152 valence electrons. The standard InChI is InChI=1S/C23H19Cl2N3O2/c1-13-7-8-15(22-26-18-5-3-4-6-19(18)27-22)11-20(13)28-23(29)14(2)30-21-10-9-16(24)12-17(21)25/h3-12,14H,1-2H3,(H,26,27)(H,28,29)/t14-/m0/s1. The number of hydrogen-bond donors (Lipinski definition) is 2. The molecule has 0 spiro atoms. The number of aromatic nitrogens is 2. The number of imidazole rings is 1. The van der Waals surface area contributed by atoms with Gasteiger partial charge in [-0.2, -0.15) is 0 Å². The molecule has 0 saturated heterocycles. The van der Waals surface area contributed by atoms with Crippen LogP contribution in [-0.2, 0) is 4.79 Å². The van der Waals surface area contributed by atoms with Gasteiger partial charge < -0.3 is 15.0 Å². The quantitative estimate of drug-likeness (QED) is 0.386. The summed E-state index contributed by atoms with van der Waals surface area (Å²) in [5, 5.41) is 3.78. The van der Waals surface area contributed by atoms with Gasteiger partial charge in [0.1, 0.15) is 11.6 Å². The lowest BCUT2D eigenvalue weighted by molar-refractivity contribution is -0.122. The number of fused-ring (bicyclic) bond motifs is 1. The summed E-state index contributed by atoms with van der Waals surface area (Å²) < 4.78 is 5.71. The van der Waals surface area contributed by atoms with E-state index in [4.69, 9.17) is 27.9 Å². The molecule has 0 aliphatic heterocycles. The van der Waals surface area contributed by atoms with Crippen LogP contribution in [0.2, 0.25) is 10.0 Å². The van der Waals surface area contributed by atoms with Crippen molar-refractivity contribution in [2.75, 3.05) is 5.32 Å². The van der Waals surface area contributed by atoms with E-state index in [-0.39, 0.29) is 5.91 Å². The number of rotatable bonds is 5. The summed E-state index contributed by atoms with van der Waals surface area (Å²) >= 11 is 12.0. The third-order valence-corrected chi connectivity index (χ3v) is 5.26. The van der Waals surface area contributed by atoms with Crippen LogP contribution in [0.3, 0.4) is 0 Å². The zero-order valence-corrected chi connectivity index (χ0v) is 17.9. The number of amides is 1. The Kier molecular flexibility index (Phi) is 5.66. The zero-order chi connectivity index (χ0) is 21.3. The molecule has 2 N–H and O–H groups in total. The number of nitrogens with one attached hydrogen (secondary N) is 2. The number of aromatic amines is 1. The lowest BCUT2D eigenvalue weighted by Crippen LogP contribution is -2.30. The van der Waals surface area contributed by atoms with Crippen molar-refractivity contribution >= 4 is 45.8 Å². The first kappa shape index (κ1) is 20.3. The number of ether oxygens (including phenoxy) is 1. The largest absolute Gasteiger partial charge is 0.479 e. The first-order valence-electron chi connectivity index (χ1n) is 9.39. The number of para-hydroxylation sites is 2. The second-order valence-electron chi connectivity index (χ2n) is 6.96. The van der Waals surface area contributed by atoms with Gasteiger partial charge in [0.25, 0.3) is 5.91 Å². The van der Waals surface area contributed by atoms with Crippen molar-refractivity contribution in [1.82, 2.24) is 9.97 Å². The van der Waals surface area contributed by atoms with Crippen LogP contribution in [0.1, 0.15) is 12.5 Å². The van der Waals surface area contributed by atoms with Crippen molar-refractivity contribution in [3.8, 4) is 17.1 Å². The minimum atomic E-state index is -0.752. The van der Waals surface area contributed by atoms with E-state index in [9.17, 15) is 4.79 Å². The molecule has 0 fully saturated rings. The van der Waals surface area contributed by atoms with Crippen LogP contribution in [0, 0.1) is 6.92 Å². The van der Waals surface area contributed by atoms with Gasteiger partial charge in [0.05, 0.1) is 16.1 Å². The molecular formula is C23H19Cl2N3O2. The molecule has 1 atom stereocenters. The molecule has 0 unspecified atom stereocenters. The number of carbonyl (C=O) groups excluding carboxylic acids is 1. The topological polar surface area (TPSA) is 67.0 Å². The predicted molar refractivity (Wildman–Crippen MR) is 121 cm³/mol. The number of benzene rings is 3. The van der Waals surface area contributed by atoms with E-state index >= 15 is 0 Å². The second kappa shape index (κ2) is 8.38. The average Bonchev–Trinajstić information content (AvgIpc) is 3.16. The molecule has 3 aromatic carbocycles. The molecule has 0 radical (unpaired) electrons. The highest BCUT2D eigenvalue weighted by atomic mass is 35.5. The monoisotopic (exact) mass is 439 g/mol. The molecule has 0 bridgehead atoms. The predicted octanol–water partition coefficient (Wildman–Crippen LogP) is 6.25. The third kappa shape index (κ3) is 4.27. The SMILES string of the molecule is Cc1ccc(-c2nc3ccccc3[nH]2)cc1NC(=O)[C@H](C)Oc1ccc(Cl)cc1Cl. The van der Waals surface area contributed by atoms with E-state index in [2.05, 4.69) is 15.3 Å². The van der Waals surface area contributed by atoms with Gasteiger partial charge in [-0.15, -0.1) is 0 Å². The van der Waals surface area contributed by atoms with Gasteiger partial charge in [0.15, 0.2) is 6.10 Å². The number of halogens is 2. The second-order valence-corrected chi connectivity index (χ2v) is 7.80. The normalized spacial score (nSPS) is 12.0. The highest BCUT2D eigenvalue weighted by Crippen LogP contribution is 2.29.